The van der Waals surface area contributed by atoms with Crippen molar-refractivity contribution >= 4 is 46.2 Å². The fraction of sp³-hybridized carbons (Fsp3) is 0.179. The molecule has 5 rings (SSSR count). The number of aromatic nitrogens is 2. The first-order chi connectivity index (χ1) is 17.9. The maximum atomic E-state index is 13.9. The van der Waals surface area contributed by atoms with Crippen molar-refractivity contribution in [3.63, 3.8) is 0 Å². The van der Waals surface area contributed by atoms with Gasteiger partial charge in [-0.2, -0.15) is 5.26 Å². The minimum Gasteiger partial charge on any atom is -0.333 e. The second-order valence-corrected chi connectivity index (χ2v) is 9.63. The molecule has 4 aromatic rings. The molecule has 0 atom stereocenters. The molecule has 37 heavy (non-hydrogen) atoms. The quantitative estimate of drug-likeness (QED) is 0.310. The molecule has 3 heterocycles. The van der Waals surface area contributed by atoms with E-state index in [1.165, 1.54) is 12.1 Å². The van der Waals surface area contributed by atoms with Crippen LogP contribution in [0.4, 0.5) is 9.18 Å². The van der Waals surface area contributed by atoms with E-state index in [1.807, 2.05) is 42.5 Å². The summed E-state index contributed by atoms with van der Waals surface area (Å²) < 4.78 is 15.6. The number of amides is 1. The monoisotopic (exact) mass is 533 g/mol. The minimum absolute atomic E-state index is 0.0332. The highest BCUT2D eigenvalue weighted by molar-refractivity contribution is 6.31. The van der Waals surface area contributed by atoms with Crippen molar-refractivity contribution < 1.29 is 9.18 Å². The van der Waals surface area contributed by atoms with Gasteiger partial charge in [-0.3, -0.25) is 9.47 Å². The summed E-state index contributed by atoms with van der Waals surface area (Å²) in [5.41, 5.74) is 4.43. The first-order valence-corrected chi connectivity index (χ1v) is 12.5. The van der Waals surface area contributed by atoms with Crippen molar-refractivity contribution in [3.05, 3.63) is 105 Å². The number of halogens is 3. The molecular formula is C28H22Cl2FN5O. The minimum atomic E-state index is -0.524. The van der Waals surface area contributed by atoms with Crippen molar-refractivity contribution in [2.45, 2.75) is 19.5 Å². The van der Waals surface area contributed by atoms with E-state index in [-0.39, 0.29) is 11.6 Å². The molecule has 0 fully saturated rings. The Morgan fingerprint density at radius 1 is 1.19 bits per heavy atom. The van der Waals surface area contributed by atoms with Crippen LogP contribution in [0.25, 0.3) is 17.0 Å². The fourth-order valence-electron chi connectivity index (χ4n) is 4.65. The van der Waals surface area contributed by atoms with E-state index >= 15 is 0 Å². The third kappa shape index (κ3) is 5.37. The predicted molar refractivity (Wildman–Crippen MR) is 143 cm³/mol. The molecule has 6 nitrogen and oxygen atoms in total. The molecule has 0 spiro atoms. The molecular weight excluding hydrogens is 512 g/mol. The van der Waals surface area contributed by atoms with E-state index in [9.17, 15) is 9.18 Å². The zero-order valence-electron chi connectivity index (χ0n) is 19.7. The Kier molecular flexibility index (Phi) is 7.24. The second-order valence-electron chi connectivity index (χ2n) is 8.81. The molecule has 0 aliphatic carbocycles. The SMILES string of the molecule is N#Cc1ccc(C=CCN2CCc3c(c4ccc(Cl)cc4n3C(=O)NCc3ccnc(Cl)c3)C2)cc1F. The average Bonchev–Trinajstić information content (AvgIpc) is 3.20. The van der Waals surface area contributed by atoms with Gasteiger partial charge < -0.3 is 5.32 Å². The number of hydrogen-bond acceptors (Lipinski definition) is 4. The van der Waals surface area contributed by atoms with Crippen LogP contribution < -0.4 is 5.32 Å². The average molecular weight is 534 g/mol. The first kappa shape index (κ1) is 25.0. The van der Waals surface area contributed by atoms with Crippen molar-refractivity contribution in [2.24, 2.45) is 0 Å². The number of carbonyl (C=O) groups excluding carboxylic acids is 1. The Labute approximate surface area is 223 Å². The number of nitriles is 1. The zero-order valence-corrected chi connectivity index (χ0v) is 21.2. The molecule has 0 saturated heterocycles. The molecule has 9 heteroatoms. The highest BCUT2D eigenvalue weighted by Crippen LogP contribution is 2.32. The molecule has 2 aromatic heterocycles. The van der Waals surface area contributed by atoms with Gasteiger partial charge in [-0.05, 0) is 53.1 Å². The van der Waals surface area contributed by atoms with Gasteiger partial charge >= 0.3 is 6.03 Å². The number of hydrogen-bond donors (Lipinski definition) is 1. The van der Waals surface area contributed by atoms with Crippen LogP contribution in [0.1, 0.15) is 27.9 Å². The van der Waals surface area contributed by atoms with Gasteiger partial charge in [-0.25, -0.2) is 14.2 Å². The molecule has 1 aliphatic heterocycles. The molecule has 1 amide bonds. The molecule has 0 saturated carbocycles. The molecule has 0 unspecified atom stereocenters. The maximum absolute atomic E-state index is 13.9. The normalized spacial score (nSPS) is 13.6. The lowest BCUT2D eigenvalue weighted by atomic mass is 10.0. The Morgan fingerprint density at radius 3 is 2.84 bits per heavy atom. The van der Waals surface area contributed by atoms with Crippen LogP contribution in [0.3, 0.4) is 0 Å². The van der Waals surface area contributed by atoms with E-state index in [1.54, 1.807) is 22.9 Å². The summed E-state index contributed by atoms with van der Waals surface area (Å²) in [4.78, 5) is 19.6. The van der Waals surface area contributed by atoms with Crippen molar-refractivity contribution in [3.8, 4) is 6.07 Å². The van der Waals surface area contributed by atoms with Crippen LogP contribution in [-0.4, -0.2) is 33.6 Å². The van der Waals surface area contributed by atoms with Crippen LogP contribution in [0.5, 0.6) is 0 Å². The Bertz CT molecular complexity index is 1570. The van der Waals surface area contributed by atoms with Crippen LogP contribution >= 0.6 is 23.2 Å². The topological polar surface area (TPSA) is 74.0 Å². The number of nitrogens with zero attached hydrogens (tertiary/aromatic N) is 4. The van der Waals surface area contributed by atoms with Crippen LogP contribution in [0, 0.1) is 17.1 Å². The van der Waals surface area contributed by atoms with E-state index in [0.29, 0.717) is 41.8 Å². The van der Waals surface area contributed by atoms with Gasteiger partial charge in [0.2, 0.25) is 0 Å². The number of benzene rings is 2. The standard InChI is InChI=1S/C28H22Cl2FN5O/c29-21-5-6-22-23-17-35(10-1-2-18-3-4-20(15-32)24(31)12-18)11-8-25(23)36(26(22)14-21)28(37)34-16-19-7-9-33-27(30)13-19/h1-7,9,12-14H,8,10-11,16-17H2,(H,34,37). The molecule has 186 valence electrons. The second kappa shape index (κ2) is 10.7. The van der Waals surface area contributed by atoms with Gasteiger partial charge in [-0.1, -0.05) is 47.5 Å². The largest absolute Gasteiger partial charge is 0.333 e. The fourth-order valence-corrected chi connectivity index (χ4v) is 5.01. The summed E-state index contributed by atoms with van der Waals surface area (Å²) in [5, 5.41) is 13.8. The van der Waals surface area contributed by atoms with Gasteiger partial charge in [0.05, 0.1) is 11.1 Å². The highest BCUT2D eigenvalue weighted by atomic mass is 35.5. The maximum Gasteiger partial charge on any atom is 0.326 e. The van der Waals surface area contributed by atoms with E-state index in [0.717, 1.165) is 34.3 Å². The van der Waals surface area contributed by atoms with Crippen molar-refractivity contribution in [1.29, 1.82) is 5.26 Å². The number of rotatable bonds is 5. The number of nitrogens with one attached hydrogen (secondary N) is 1. The summed E-state index contributed by atoms with van der Waals surface area (Å²) in [6.45, 7) is 2.41. The summed E-state index contributed by atoms with van der Waals surface area (Å²) in [5.74, 6) is -0.524. The van der Waals surface area contributed by atoms with Gasteiger partial charge in [0.15, 0.2) is 0 Å². The van der Waals surface area contributed by atoms with Crippen molar-refractivity contribution in [1.82, 2.24) is 19.8 Å². The molecule has 1 N–H and O–H groups in total. The third-order valence-corrected chi connectivity index (χ3v) is 6.86. The van der Waals surface area contributed by atoms with Crippen LogP contribution in [0.15, 0.2) is 60.8 Å². The summed E-state index contributed by atoms with van der Waals surface area (Å²) in [7, 11) is 0. The lowest BCUT2D eigenvalue weighted by molar-refractivity contribution is 0.240. The van der Waals surface area contributed by atoms with Crippen molar-refractivity contribution in [2.75, 3.05) is 13.1 Å². The zero-order chi connectivity index (χ0) is 25.9. The number of fused-ring (bicyclic) bond motifs is 3. The molecule has 1 aliphatic rings. The number of pyridine rings is 1. The summed E-state index contributed by atoms with van der Waals surface area (Å²) in [6, 6.07) is 15.3. The van der Waals surface area contributed by atoms with E-state index in [2.05, 4.69) is 15.2 Å². The van der Waals surface area contributed by atoms with Gasteiger partial charge in [0.1, 0.15) is 17.0 Å². The van der Waals surface area contributed by atoms with Gasteiger partial charge in [0, 0.05) is 54.9 Å². The number of carbonyl (C=O) groups is 1. The van der Waals surface area contributed by atoms with Gasteiger partial charge in [0.25, 0.3) is 0 Å². The molecule has 2 aromatic carbocycles. The van der Waals surface area contributed by atoms with E-state index < -0.39 is 5.82 Å². The predicted octanol–water partition coefficient (Wildman–Crippen LogP) is 6.18. The summed E-state index contributed by atoms with van der Waals surface area (Å²) in [6.07, 6.45) is 6.13. The Balaban J connectivity index is 1.35. The Hall–Kier alpha value is -3.70. The molecule has 0 bridgehead atoms. The smallest absolute Gasteiger partial charge is 0.326 e. The lowest BCUT2D eigenvalue weighted by Gasteiger charge is -2.27. The molecule has 0 radical (unpaired) electrons. The third-order valence-electron chi connectivity index (χ3n) is 6.42. The van der Waals surface area contributed by atoms with E-state index in [4.69, 9.17) is 28.5 Å². The highest BCUT2D eigenvalue weighted by Gasteiger charge is 2.26. The van der Waals surface area contributed by atoms with Crippen LogP contribution in [-0.2, 0) is 19.5 Å². The summed E-state index contributed by atoms with van der Waals surface area (Å²) >= 11 is 12.3. The van der Waals surface area contributed by atoms with Crippen LogP contribution in [0.2, 0.25) is 10.2 Å². The lowest BCUT2D eigenvalue weighted by Crippen LogP contribution is -2.34. The Morgan fingerprint density at radius 2 is 2.05 bits per heavy atom. The first-order valence-electron chi connectivity index (χ1n) is 11.7. The van der Waals surface area contributed by atoms with Gasteiger partial charge in [-0.15, -0.1) is 0 Å².